The molecule has 1 saturated heterocycles. The van der Waals surface area contributed by atoms with E-state index >= 15 is 0 Å². The van der Waals surface area contributed by atoms with Crippen molar-refractivity contribution >= 4 is 23.1 Å². The maximum Gasteiger partial charge on any atom is 0.300 e. The Balaban J connectivity index is 1.72. The predicted molar refractivity (Wildman–Crippen MR) is 145 cm³/mol. The summed E-state index contributed by atoms with van der Waals surface area (Å²) in [5, 5.41) is 11.3. The number of nitrogens with zero attached hydrogens (tertiary/aromatic N) is 1. The van der Waals surface area contributed by atoms with Gasteiger partial charge in [0, 0.05) is 17.3 Å². The van der Waals surface area contributed by atoms with E-state index in [1.54, 1.807) is 42.5 Å². The van der Waals surface area contributed by atoms with Crippen molar-refractivity contribution in [2.75, 3.05) is 18.1 Å². The molecule has 0 radical (unpaired) electrons. The van der Waals surface area contributed by atoms with Crippen molar-refractivity contribution in [3.63, 3.8) is 0 Å². The van der Waals surface area contributed by atoms with Crippen LogP contribution in [0.4, 0.5) is 5.69 Å². The summed E-state index contributed by atoms with van der Waals surface area (Å²) in [5.74, 6) is -0.338. The van der Waals surface area contributed by atoms with E-state index in [1.165, 1.54) is 4.90 Å². The molecule has 0 aromatic heterocycles. The monoisotopic (exact) mass is 499 g/mol. The number of Topliss-reactive ketones (excluding diaryl/α,β-unsaturated/α-hetero) is 1. The third-order valence-corrected chi connectivity index (χ3v) is 6.27. The van der Waals surface area contributed by atoms with Gasteiger partial charge in [-0.1, -0.05) is 63.1 Å². The molecule has 1 N–H and O–H groups in total. The summed E-state index contributed by atoms with van der Waals surface area (Å²) in [6.07, 6.45) is 4.04. The highest BCUT2D eigenvalue weighted by Gasteiger charge is 2.47. The summed E-state index contributed by atoms with van der Waals surface area (Å²) in [6.45, 7) is 5.33. The lowest BCUT2D eigenvalue weighted by atomic mass is 9.95. The highest BCUT2D eigenvalue weighted by Crippen LogP contribution is 2.42. The summed E-state index contributed by atoms with van der Waals surface area (Å²) in [7, 11) is 0. The number of unbranched alkanes of at least 4 members (excludes halogenated alkanes) is 2. The van der Waals surface area contributed by atoms with Crippen LogP contribution in [0.25, 0.3) is 5.76 Å². The fraction of sp³-hybridized carbons (Fsp3) is 0.290. The van der Waals surface area contributed by atoms with Crippen molar-refractivity contribution in [3.05, 3.63) is 95.6 Å². The molecule has 1 aliphatic rings. The third kappa shape index (κ3) is 5.85. The van der Waals surface area contributed by atoms with Gasteiger partial charge in [-0.3, -0.25) is 14.5 Å². The van der Waals surface area contributed by atoms with Crippen LogP contribution in [0.5, 0.6) is 11.5 Å². The van der Waals surface area contributed by atoms with Crippen LogP contribution in [0.1, 0.15) is 56.7 Å². The fourth-order valence-corrected chi connectivity index (χ4v) is 4.40. The Morgan fingerprint density at radius 3 is 2.24 bits per heavy atom. The van der Waals surface area contributed by atoms with Crippen molar-refractivity contribution in [1.29, 1.82) is 0 Å². The number of benzene rings is 3. The molecule has 192 valence electrons. The second kappa shape index (κ2) is 12.3. The Kier molecular flexibility index (Phi) is 8.62. The number of hydrogen-bond acceptors (Lipinski definition) is 5. The number of carbonyl (C=O) groups excluding carboxylic acids is 2. The first-order chi connectivity index (χ1) is 18.0. The van der Waals surface area contributed by atoms with E-state index in [0.29, 0.717) is 36.0 Å². The number of ketones is 1. The van der Waals surface area contributed by atoms with Crippen molar-refractivity contribution in [2.45, 2.75) is 45.6 Å². The molecule has 4 rings (SSSR count). The van der Waals surface area contributed by atoms with Crippen molar-refractivity contribution in [2.24, 2.45) is 0 Å². The highest BCUT2D eigenvalue weighted by atomic mass is 16.5. The van der Waals surface area contributed by atoms with Crippen LogP contribution in [0.15, 0.2) is 84.4 Å². The molecule has 3 aromatic rings. The molecule has 1 unspecified atom stereocenters. The molecule has 37 heavy (non-hydrogen) atoms. The van der Waals surface area contributed by atoms with Gasteiger partial charge in [0.1, 0.15) is 17.3 Å². The van der Waals surface area contributed by atoms with Crippen molar-refractivity contribution in [3.8, 4) is 11.5 Å². The lowest BCUT2D eigenvalue weighted by Gasteiger charge is -2.25. The average Bonchev–Trinajstić information content (AvgIpc) is 3.20. The molecule has 6 nitrogen and oxygen atoms in total. The normalized spacial score (nSPS) is 16.7. The summed E-state index contributed by atoms with van der Waals surface area (Å²) in [6, 6.07) is 22.6. The zero-order valence-corrected chi connectivity index (χ0v) is 21.4. The fourth-order valence-electron chi connectivity index (χ4n) is 4.40. The smallest absolute Gasteiger partial charge is 0.300 e. The van der Waals surface area contributed by atoms with Gasteiger partial charge in [0.2, 0.25) is 0 Å². The molecule has 0 aliphatic carbocycles. The Labute approximate surface area is 218 Å². The lowest BCUT2D eigenvalue weighted by Crippen LogP contribution is -2.29. The standard InChI is InChI=1S/C31H33NO5/c1-3-5-9-20-37-25-17-15-23(16-18-25)29(33)27-28(22-11-7-6-8-12-22)32(31(35)30(27)34)24-13-10-14-26(21-24)36-19-4-2/h6-8,10-18,21,28,33H,3-5,9,19-20H2,1-2H3/b29-27+. The number of hydrogen-bond donors (Lipinski definition) is 1. The summed E-state index contributed by atoms with van der Waals surface area (Å²) >= 11 is 0. The first kappa shape index (κ1) is 26.0. The Bertz CT molecular complexity index is 1250. The maximum atomic E-state index is 13.4. The number of ether oxygens (including phenoxy) is 2. The van der Waals surface area contributed by atoms with Crippen LogP contribution in [0, 0.1) is 0 Å². The Hall–Kier alpha value is -4.06. The molecule has 6 heteroatoms. The minimum Gasteiger partial charge on any atom is -0.507 e. The number of amides is 1. The minimum atomic E-state index is -0.785. The van der Waals surface area contributed by atoms with E-state index in [1.807, 2.05) is 43.3 Å². The lowest BCUT2D eigenvalue weighted by molar-refractivity contribution is -0.132. The molecule has 0 spiro atoms. The predicted octanol–water partition coefficient (Wildman–Crippen LogP) is 6.67. The topological polar surface area (TPSA) is 76.1 Å². The molecule has 1 heterocycles. The quantitative estimate of drug-likeness (QED) is 0.138. The van der Waals surface area contributed by atoms with Gasteiger partial charge in [0.05, 0.1) is 24.8 Å². The maximum absolute atomic E-state index is 13.4. The molecule has 1 atom stereocenters. The van der Waals surface area contributed by atoms with E-state index in [0.717, 1.165) is 31.2 Å². The van der Waals surface area contributed by atoms with Gasteiger partial charge in [-0.15, -0.1) is 0 Å². The SMILES string of the molecule is CCCCCOc1ccc(/C(O)=C2\C(=O)C(=O)N(c3cccc(OCCC)c3)C2c2ccccc2)cc1. The van der Waals surface area contributed by atoms with Gasteiger partial charge >= 0.3 is 0 Å². The van der Waals surface area contributed by atoms with Gasteiger partial charge in [0.15, 0.2) is 0 Å². The first-order valence-electron chi connectivity index (χ1n) is 12.9. The average molecular weight is 500 g/mol. The van der Waals surface area contributed by atoms with Gasteiger partial charge in [-0.2, -0.15) is 0 Å². The molecule has 1 amide bonds. The number of anilines is 1. The van der Waals surface area contributed by atoms with Crippen LogP contribution >= 0.6 is 0 Å². The number of rotatable bonds is 11. The van der Waals surface area contributed by atoms with Gasteiger partial charge in [0.25, 0.3) is 11.7 Å². The molecule has 0 saturated carbocycles. The molecule has 0 bridgehead atoms. The zero-order chi connectivity index (χ0) is 26.2. The third-order valence-electron chi connectivity index (χ3n) is 6.27. The van der Waals surface area contributed by atoms with Gasteiger partial charge in [-0.05, 0) is 54.8 Å². The van der Waals surface area contributed by atoms with Crippen LogP contribution in [-0.4, -0.2) is 30.0 Å². The number of carbonyl (C=O) groups is 2. The van der Waals surface area contributed by atoms with Crippen molar-refractivity contribution in [1.82, 2.24) is 0 Å². The first-order valence-corrected chi connectivity index (χ1v) is 12.9. The number of aliphatic hydroxyl groups is 1. The van der Waals surface area contributed by atoms with Crippen LogP contribution < -0.4 is 14.4 Å². The number of aliphatic hydroxyl groups excluding tert-OH is 1. The molecular formula is C31H33NO5. The van der Waals surface area contributed by atoms with E-state index in [4.69, 9.17) is 9.47 Å². The minimum absolute atomic E-state index is 0.0488. The second-order valence-electron chi connectivity index (χ2n) is 9.01. The van der Waals surface area contributed by atoms with Gasteiger partial charge in [-0.25, -0.2) is 0 Å². The summed E-state index contributed by atoms with van der Waals surface area (Å²) in [5.41, 5.74) is 1.74. The summed E-state index contributed by atoms with van der Waals surface area (Å²) < 4.78 is 11.5. The van der Waals surface area contributed by atoms with E-state index < -0.39 is 17.7 Å². The van der Waals surface area contributed by atoms with E-state index in [-0.39, 0.29) is 11.3 Å². The van der Waals surface area contributed by atoms with E-state index in [9.17, 15) is 14.7 Å². The molecule has 1 fully saturated rings. The second-order valence-corrected chi connectivity index (χ2v) is 9.01. The highest BCUT2D eigenvalue weighted by molar-refractivity contribution is 6.51. The Morgan fingerprint density at radius 2 is 1.54 bits per heavy atom. The summed E-state index contributed by atoms with van der Waals surface area (Å²) in [4.78, 5) is 28.1. The van der Waals surface area contributed by atoms with Crippen LogP contribution in [-0.2, 0) is 9.59 Å². The van der Waals surface area contributed by atoms with Crippen molar-refractivity contribution < 1.29 is 24.2 Å². The molecule has 3 aromatic carbocycles. The zero-order valence-electron chi connectivity index (χ0n) is 21.4. The van der Waals surface area contributed by atoms with Crippen LogP contribution in [0.3, 0.4) is 0 Å². The Morgan fingerprint density at radius 1 is 0.811 bits per heavy atom. The largest absolute Gasteiger partial charge is 0.507 e. The van der Waals surface area contributed by atoms with E-state index in [2.05, 4.69) is 6.92 Å². The molecular weight excluding hydrogens is 466 g/mol. The van der Waals surface area contributed by atoms with Crippen LogP contribution in [0.2, 0.25) is 0 Å². The van der Waals surface area contributed by atoms with Gasteiger partial charge < -0.3 is 14.6 Å². The molecule has 1 aliphatic heterocycles.